The van der Waals surface area contributed by atoms with Crippen LogP contribution in [0, 0.1) is 0 Å². The van der Waals surface area contributed by atoms with Crippen molar-refractivity contribution < 1.29 is 14.2 Å². The van der Waals surface area contributed by atoms with Crippen molar-refractivity contribution in [2.24, 2.45) is 5.10 Å². The first-order valence-corrected chi connectivity index (χ1v) is 9.66. The third-order valence-corrected chi connectivity index (χ3v) is 5.50. The maximum Gasteiger partial charge on any atom is 0.213 e. The molecule has 2 unspecified atom stereocenters. The van der Waals surface area contributed by atoms with Gasteiger partial charge in [-0.05, 0) is 48.0 Å². The number of hydrazone groups is 1. The SMILES string of the molecule is COc1ccc(C2Oc3ccc(OC)cc3C3CC(c4ccccc4)=NN32)cc1. The van der Waals surface area contributed by atoms with E-state index in [1.807, 2.05) is 54.6 Å². The Labute approximate surface area is 170 Å². The Kier molecular flexibility index (Phi) is 4.35. The van der Waals surface area contributed by atoms with Gasteiger partial charge in [0.15, 0.2) is 0 Å². The molecular weight excluding hydrogens is 364 g/mol. The number of methoxy groups -OCH3 is 2. The highest BCUT2D eigenvalue weighted by Gasteiger charge is 2.41. The molecule has 2 atom stereocenters. The molecule has 146 valence electrons. The van der Waals surface area contributed by atoms with Crippen LogP contribution in [-0.4, -0.2) is 24.9 Å². The van der Waals surface area contributed by atoms with Crippen molar-refractivity contribution in [2.75, 3.05) is 14.2 Å². The highest BCUT2D eigenvalue weighted by atomic mass is 16.5. The smallest absolute Gasteiger partial charge is 0.213 e. The Morgan fingerprint density at radius 3 is 2.34 bits per heavy atom. The first-order valence-electron chi connectivity index (χ1n) is 9.66. The third-order valence-electron chi connectivity index (χ3n) is 5.50. The molecule has 0 saturated heterocycles. The molecule has 3 aromatic rings. The van der Waals surface area contributed by atoms with E-state index in [0.29, 0.717) is 0 Å². The van der Waals surface area contributed by atoms with E-state index in [2.05, 4.69) is 23.2 Å². The summed E-state index contributed by atoms with van der Waals surface area (Å²) >= 11 is 0. The number of nitrogens with zero attached hydrogens (tertiary/aromatic N) is 2. The maximum absolute atomic E-state index is 6.41. The molecule has 5 nitrogen and oxygen atoms in total. The van der Waals surface area contributed by atoms with Crippen LogP contribution in [0.15, 0.2) is 77.9 Å². The van der Waals surface area contributed by atoms with E-state index in [9.17, 15) is 0 Å². The summed E-state index contributed by atoms with van der Waals surface area (Å²) in [5, 5.41) is 7.06. The molecule has 0 N–H and O–H groups in total. The molecule has 0 radical (unpaired) electrons. The zero-order valence-electron chi connectivity index (χ0n) is 16.4. The molecular formula is C24H22N2O3. The summed E-state index contributed by atoms with van der Waals surface area (Å²) in [6.45, 7) is 0. The van der Waals surface area contributed by atoms with Gasteiger partial charge in [-0.3, -0.25) is 0 Å². The van der Waals surface area contributed by atoms with Gasteiger partial charge in [-0.25, -0.2) is 5.01 Å². The Morgan fingerprint density at radius 2 is 1.62 bits per heavy atom. The van der Waals surface area contributed by atoms with Gasteiger partial charge in [0.05, 0.1) is 26.0 Å². The largest absolute Gasteiger partial charge is 0.497 e. The fraction of sp³-hybridized carbons (Fsp3) is 0.208. The van der Waals surface area contributed by atoms with Gasteiger partial charge in [0.2, 0.25) is 6.23 Å². The highest BCUT2D eigenvalue weighted by molar-refractivity contribution is 6.01. The fourth-order valence-electron chi connectivity index (χ4n) is 3.99. The predicted molar refractivity (Wildman–Crippen MR) is 112 cm³/mol. The molecule has 0 saturated carbocycles. The van der Waals surface area contributed by atoms with Crippen molar-refractivity contribution >= 4 is 5.71 Å². The van der Waals surface area contributed by atoms with E-state index < -0.39 is 0 Å². The Bertz CT molecular complexity index is 1050. The van der Waals surface area contributed by atoms with Crippen molar-refractivity contribution in [3.63, 3.8) is 0 Å². The summed E-state index contributed by atoms with van der Waals surface area (Å²) in [6.07, 6.45) is 0.522. The molecule has 2 aliphatic heterocycles. The lowest BCUT2D eigenvalue weighted by Gasteiger charge is -2.38. The van der Waals surface area contributed by atoms with Crippen LogP contribution in [0.25, 0.3) is 0 Å². The number of hydrogen-bond acceptors (Lipinski definition) is 5. The lowest BCUT2D eigenvalue weighted by Crippen LogP contribution is -2.33. The van der Waals surface area contributed by atoms with Crippen molar-refractivity contribution in [1.29, 1.82) is 0 Å². The van der Waals surface area contributed by atoms with Gasteiger partial charge >= 0.3 is 0 Å². The molecule has 29 heavy (non-hydrogen) atoms. The lowest BCUT2D eigenvalue weighted by molar-refractivity contribution is -0.0191. The Balaban J connectivity index is 1.58. The van der Waals surface area contributed by atoms with Gasteiger partial charge in [-0.1, -0.05) is 30.3 Å². The average Bonchev–Trinajstić information content (AvgIpc) is 3.25. The second kappa shape index (κ2) is 7.17. The predicted octanol–water partition coefficient (Wildman–Crippen LogP) is 4.95. The van der Waals surface area contributed by atoms with Crippen molar-refractivity contribution in [2.45, 2.75) is 18.7 Å². The molecule has 0 aromatic heterocycles. The molecule has 5 heteroatoms. The van der Waals surface area contributed by atoms with Crippen LogP contribution in [0.2, 0.25) is 0 Å². The number of rotatable bonds is 4. The highest BCUT2D eigenvalue weighted by Crippen LogP contribution is 2.48. The topological polar surface area (TPSA) is 43.3 Å². The average molecular weight is 386 g/mol. The Hall–Kier alpha value is -3.47. The van der Waals surface area contributed by atoms with Gasteiger partial charge in [-0.2, -0.15) is 5.10 Å². The minimum atomic E-state index is -0.298. The summed E-state index contributed by atoms with van der Waals surface area (Å²) in [7, 11) is 3.35. The second-order valence-electron chi connectivity index (χ2n) is 7.16. The van der Waals surface area contributed by atoms with Crippen LogP contribution < -0.4 is 14.2 Å². The van der Waals surface area contributed by atoms with E-state index in [1.165, 1.54) is 0 Å². The normalized spacial score (nSPS) is 19.7. The van der Waals surface area contributed by atoms with Crippen LogP contribution in [0.4, 0.5) is 0 Å². The van der Waals surface area contributed by atoms with Crippen LogP contribution in [0.3, 0.4) is 0 Å². The van der Waals surface area contributed by atoms with Crippen molar-refractivity contribution in [3.8, 4) is 17.2 Å². The first kappa shape index (κ1) is 17.6. The monoisotopic (exact) mass is 386 g/mol. The Morgan fingerprint density at radius 1 is 0.897 bits per heavy atom. The number of benzene rings is 3. The third kappa shape index (κ3) is 3.09. The molecule has 0 fully saturated rings. The van der Waals surface area contributed by atoms with Crippen LogP contribution in [-0.2, 0) is 0 Å². The van der Waals surface area contributed by atoms with Gasteiger partial charge in [0.1, 0.15) is 17.2 Å². The lowest BCUT2D eigenvalue weighted by atomic mass is 9.95. The van der Waals surface area contributed by atoms with Crippen LogP contribution in [0.5, 0.6) is 17.2 Å². The van der Waals surface area contributed by atoms with E-state index in [-0.39, 0.29) is 12.3 Å². The van der Waals surface area contributed by atoms with Gasteiger partial charge in [0, 0.05) is 17.5 Å². The van der Waals surface area contributed by atoms with Gasteiger partial charge < -0.3 is 14.2 Å². The zero-order chi connectivity index (χ0) is 19.8. The standard InChI is InChI=1S/C24H22N2O3/c1-27-18-10-8-17(9-11-18)24-26-22(15-21(25-26)16-6-4-3-5-7-16)20-14-19(28-2)12-13-23(20)29-24/h3-14,22,24H,15H2,1-2H3. The molecule has 2 aliphatic rings. The number of fused-ring (bicyclic) bond motifs is 3. The molecule has 0 bridgehead atoms. The maximum atomic E-state index is 6.41. The van der Waals surface area contributed by atoms with Gasteiger partial charge in [-0.15, -0.1) is 0 Å². The quantitative estimate of drug-likeness (QED) is 0.637. The van der Waals surface area contributed by atoms with E-state index in [4.69, 9.17) is 19.3 Å². The summed E-state index contributed by atoms with van der Waals surface area (Å²) in [4.78, 5) is 0. The van der Waals surface area contributed by atoms with E-state index in [1.54, 1.807) is 14.2 Å². The molecule has 0 amide bonds. The summed E-state index contributed by atoms with van der Waals surface area (Å²) in [5.74, 6) is 2.52. The van der Waals surface area contributed by atoms with E-state index in [0.717, 1.165) is 46.1 Å². The molecule has 2 heterocycles. The number of hydrogen-bond donors (Lipinski definition) is 0. The van der Waals surface area contributed by atoms with Gasteiger partial charge in [0.25, 0.3) is 0 Å². The van der Waals surface area contributed by atoms with Crippen LogP contribution in [0.1, 0.15) is 35.4 Å². The minimum absolute atomic E-state index is 0.0937. The zero-order valence-corrected chi connectivity index (χ0v) is 16.4. The molecule has 3 aromatic carbocycles. The van der Waals surface area contributed by atoms with Crippen LogP contribution >= 0.6 is 0 Å². The second-order valence-corrected chi connectivity index (χ2v) is 7.16. The molecule has 0 aliphatic carbocycles. The summed E-state index contributed by atoms with van der Waals surface area (Å²) < 4.78 is 17.2. The number of ether oxygens (including phenoxy) is 3. The fourth-order valence-corrected chi connectivity index (χ4v) is 3.99. The van der Waals surface area contributed by atoms with Crippen molar-refractivity contribution in [1.82, 2.24) is 5.01 Å². The first-order chi connectivity index (χ1) is 14.3. The van der Waals surface area contributed by atoms with Crippen molar-refractivity contribution in [3.05, 3.63) is 89.5 Å². The summed E-state index contributed by atoms with van der Waals surface area (Å²) in [5.41, 5.74) is 4.34. The molecule has 5 rings (SSSR count). The minimum Gasteiger partial charge on any atom is -0.497 e. The van der Waals surface area contributed by atoms with E-state index >= 15 is 0 Å². The summed E-state index contributed by atoms with van der Waals surface area (Å²) in [6, 6.07) is 24.4. The molecule has 0 spiro atoms.